The molecule has 2 heterocycles. The van der Waals surface area contributed by atoms with Gasteiger partial charge >= 0.3 is 0 Å². The van der Waals surface area contributed by atoms with Crippen LogP contribution in [0.5, 0.6) is 0 Å². The molecular weight excluding hydrogens is 278 g/mol. The zero-order valence-electron chi connectivity index (χ0n) is 11.7. The monoisotopic (exact) mass is 295 g/mol. The van der Waals surface area contributed by atoms with Crippen LogP contribution in [0, 0.1) is 0 Å². The number of halogens is 1. The van der Waals surface area contributed by atoms with E-state index in [0.29, 0.717) is 11.3 Å². The molecule has 20 heavy (non-hydrogen) atoms. The first-order chi connectivity index (χ1) is 9.13. The summed E-state index contributed by atoms with van der Waals surface area (Å²) in [6, 6.07) is 3.61. The van der Waals surface area contributed by atoms with Crippen LogP contribution in [0.4, 0.5) is 11.5 Å². The zero-order chi connectivity index (χ0) is 13.8. The predicted octanol–water partition coefficient (Wildman–Crippen LogP) is 2.09. The van der Waals surface area contributed by atoms with Crippen LogP contribution < -0.4 is 10.6 Å². The summed E-state index contributed by atoms with van der Waals surface area (Å²) in [6.07, 6.45) is 4.07. The second-order valence-electron chi connectivity index (χ2n) is 4.15. The van der Waals surface area contributed by atoms with Crippen molar-refractivity contribution < 1.29 is 4.79 Å². The summed E-state index contributed by atoms with van der Waals surface area (Å²) in [7, 11) is 3.60. The Morgan fingerprint density at radius 3 is 2.70 bits per heavy atom. The molecule has 2 N–H and O–H groups in total. The molecule has 0 aliphatic carbocycles. The number of anilines is 2. The van der Waals surface area contributed by atoms with Crippen molar-refractivity contribution in [2.24, 2.45) is 7.05 Å². The van der Waals surface area contributed by atoms with Crippen molar-refractivity contribution in [1.29, 1.82) is 0 Å². The maximum absolute atomic E-state index is 12.2. The summed E-state index contributed by atoms with van der Waals surface area (Å²) in [6.45, 7) is 1.97. The van der Waals surface area contributed by atoms with Crippen molar-refractivity contribution >= 4 is 29.8 Å². The number of nitrogens with one attached hydrogen (secondary N) is 2. The molecule has 2 aromatic rings. The summed E-state index contributed by atoms with van der Waals surface area (Å²) in [4.78, 5) is 16.3. The Balaban J connectivity index is 0.00000200. The minimum absolute atomic E-state index is 0. The van der Waals surface area contributed by atoms with Crippen molar-refractivity contribution in [2.45, 2.75) is 13.3 Å². The van der Waals surface area contributed by atoms with Gasteiger partial charge in [-0.25, -0.2) is 4.98 Å². The third-order valence-electron chi connectivity index (χ3n) is 2.76. The number of amides is 1. The van der Waals surface area contributed by atoms with Gasteiger partial charge in [-0.1, -0.05) is 6.92 Å². The molecule has 0 unspecified atom stereocenters. The van der Waals surface area contributed by atoms with Gasteiger partial charge in [-0.3, -0.25) is 9.48 Å². The third-order valence-corrected chi connectivity index (χ3v) is 2.76. The molecule has 2 rings (SSSR count). The van der Waals surface area contributed by atoms with Crippen LogP contribution in [-0.2, 0) is 13.5 Å². The molecule has 0 bridgehead atoms. The van der Waals surface area contributed by atoms with Crippen LogP contribution in [0.2, 0.25) is 0 Å². The number of aromatic nitrogens is 3. The number of pyridine rings is 1. The highest BCUT2D eigenvalue weighted by molar-refractivity contribution is 6.04. The summed E-state index contributed by atoms with van der Waals surface area (Å²) < 4.78 is 1.65. The Hall–Kier alpha value is -2.08. The van der Waals surface area contributed by atoms with Crippen molar-refractivity contribution in [1.82, 2.24) is 14.8 Å². The topological polar surface area (TPSA) is 71.8 Å². The van der Waals surface area contributed by atoms with Gasteiger partial charge in [0.1, 0.15) is 5.82 Å². The van der Waals surface area contributed by atoms with Crippen LogP contribution >= 0.6 is 12.4 Å². The molecule has 0 spiro atoms. The van der Waals surface area contributed by atoms with E-state index in [2.05, 4.69) is 20.7 Å². The second-order valence-corrected chi connectivity index (χ2v) is 4.15. The van der Waals surface area contributed by atoms with Crippen molar-refractivity contribution in [2.75, 3.05) is 17.7 Å². The van der Waals surface area contributed by atoms with Crippen LogP contribution in [0.15, 0.2) is 24.5 Å². The molecule has 108 valence electrons. The summed E-state index contributed by atoms with van der Waals surface area (Å²) >= 11 is 0. The molecular formula is C13H18ClN5O. The number of carbonyl (C=O) groups is 1. The molecule has 0 aliphatic heterocycles. The van der Waals surface area contributed by atoms with Gasteiger partial charge in [0.05, 0.1) is 23.1 Å². The maximum Gasteiger partial charge on any atom is 0.259 e. The van der Waals surface area contributed by atoms with Gasteiger partial charge in [-0.15, -0.1) is 12.4 Å². The largest absolute Gasteiger partial charge is 0.373 e. The summed E-state index contributed by atoms with van der Waals surface area (Å²) in [5.41, 5.74) is 2.05. The van der Waals surface area contributed by atoms with E-state index < -0.39 is 0 Å². The van der Waals surface area contributed by atoms with E-state index >= 15 is 0 Å². The molecule has 0 radical (unpaired) electrons. The van der Waals surface area contributed by atoms with E-state index in [1.165, 1.54) is 0 Å². The normalized spacial score (nSPS) is 9.75. The van der Waals surface area contributed by atoms with E-state index in [0.717, 1.165) is 17.9 Å². The Bertz CT molecular complexity index is 579. The van der Waals surface area contributed by atoms with E-state index in [-0.39, 0.29) is 18.3 Å². The fourth-order valence-electron chi connectivity index (χ4n) is 1.80. The van der Waals surface area contributed by atoms with Gasteiger partial charge in [-0.05, 0) is 18.6 Å². The average Bonchev–Trinajstić information content (AvgIpc) is 2.81. The van der Waals surface area contributed by atoms with E-state index in [1.54, 1.807) is 43.3 Å². The highest BCUT2D eigenvalue weighted by atomic mass is 35.5. The highest BCUT2D eigenvalue weighted by Crippen LogP contribution is 2.13. The van der Waals surface area contributed by atoms with Gasteiger partial charge < -0.3 is 10.6 Å². The molecule has 7 heteroatoms. The van der Waals surface area contributed by atoms with Crippen molar-refractivity contribution in [3.8, 4) is 0 Å². The molecule has 2 aromatic heterocycles. The molecule has 0 fully saturated rings. The fraction of sp³-hybridized carbons (Fsp3) is 0.308. The lowest BCUT2D eigenvalue weighted by Gasteiger charge is -2.05. The lowest BCUT2D eigenvalue weighted by atomic mass is 10.2. The van der Waals surface area contributed by atoms with E-state index in [1.807, 2.05) is 6.92 Å². The Kier molecular flexibility index (Phi) is 5.52. The lowest BCUT2D eigenvalue weighted by molar-refractivity contribution is 0.102. The van der Waals surface area contributed by atoms with E-state index in [9.17, 15) is 4.79 Å². The van der Waals surface area contributed by atoms with Crippen molar-refractivity contribution in [3.05, 3.63) is 35.8 Å². The number of hydrogen-bond donors (Lipinski definition) is 2. The van der Waals surface area contributed by atoms with Gasteiger partial charge in [-0.2, -0.15) is 5.10 Å². The number of hydrogen-bond acceptors (Lipinski definition) is 4. The first-order valence-electron chi connectivity index (χ1n) is 6.11. The Morgan fingerprint density at radius 2 is 2.15 bits per heavy atom. The van der Waals surface area contributed by atoms with Gasteiger partial charge in [0.15, 0.2) is 0 Å². The number of carbonyl (C=O) groups excluding carboxylic acids is 1. The Morgan fingerprint density at radius 1 is 1.40 bits per heavy atom. The first-order valence-corrected chi connectivity index (χ1v) is 6.11. The standard InChI is InChI=1S/C13H17N5O.ClH/c1-4-11-10(8-18(3)17-11)13(19)16-9-5-6-12(14-2)15-7-9;/h5-8H,4H2,1-3H3,(H,14,15)(H,16,19);1H. The second kappa shape index (κ2) is 6.91. The smallest absolute Gasteiger partial charge is 0.259 e. The third kappa shape index (κ3) is 3.48. The van der Waals surface area contributed by atoms with Gasteiger partial charge in [0.25, 0.3) is 5.91 Å². The predicted molar refractivity (Wildman–Crippen MR) is 81.6 cm³/mol. The maximum atomic E-state index is 12.2. The first kappa shape index (κ1) is 16.0. The number of nitrogens with zero attached hydrogens (tertiary/aromatic N) is 3. The quantitative estimate of drug-likeness (QED) is 0.906. The lowest BCUT2D eigenvalue weighted by Crippen LogP contribution is -2.13. The molecule has 1 amide bonds. The molecule has 0 aliphatic rings. The molecule has 0 aromatic carbocycles. The molecule has 0 saturated heterocycles. The number of rotatable bonds is 4. The summed E-state index contributed by atoms with van der Waals surface area (Å²) in [5.74, 6) is 0.595. The van der Waals surface area contributed by atoms with Crippen LogP contribution in [-0.4, -0.2) is 27.7 Å². The van der Waals surface area contributed by atoms with Crippen LogP contribution in [0.1, 0.15) is 23.0 Å². The highest BCUT2D eigenvalue weighted by Gasteiger charge is 2.14. The SMILES string of the molecule is CCc1nn(C)cc1C(=O)Nc1ccc(NC)nc1.Cl. The van der Waals surface area contributed by atoms with Gasteiger partial charge in [0.2, 0.25) is 0 Å². The van der Waals surface area contributed by atoms with Crippen LogP contribution in [0.25, 0.3) is 0 Å². The molecule has 0 atom stereocenters. The minimum atomic E-state index is -0.163. The summed E-state index contributed by atoms with van der Waals surface area (Å²) in [5, 5.41) is 9.99. The van der Waals surface area contributed by atoms with Crippen LogP contribution in [0.3, 0.4) is 0 Å². The van der Waals surface area contributed by atoms with Crippen molar-refractivity contribution in [3.63, 3.8) is 0 Å². The average molecular weight is 296 g/mol. The van der Waals surface area contributed by atoms with Gasteiger partial charge in [0, 0.05) is 20.3 Å². The fourth-order valence-corrected chi connectivity index (χ4v) is 1.80. The number of aryl methyl sites for hydroxylation is 2. The van der Waals surface area contributed by atoms with E-state index in [4.69, 9.17) is 0 Å². The Labute approximate surface area is 124 Å². The molecule has 6 nitrogen and oxygen atoms in total. The minimum Gasteiger partial charge on any atom is -0.373 e. The molecule has 0 saturated carbocycles. The zero-order valence-corrected chi connectivity index (χ0v) is 12.5.